The van der Waals surface area contributed by atoms with Crippen LogP contribution in [0.5, 0.6) is 0 Å². The Morgan fingerprint density at radius 2 is 2.09 bits per heavy atom. The van der Waals surface area contributed by atoms with E-state index in [4.69, 9.17) is 0 Å². The Morgan fingerprint density at radius 1 is 1.32 bits per heavy atom. The number of carboxylic acids is 1. The summed E-state index contributed by atoms with van der Waals surface area (Å²) < 4.78 is 38.3. The second-order valence-corrected chi connectivity index (χ2v) is 5.26. The van der Waals surface area contributed by atoms with Crippen molar-refractivity contribution in [2.45, 2.75) is 25.1 Å². The van der Waals surface area contributed by atoms with Crippen LogP contribution in [0.1, 0.15) is 18.4 Å². The minimum atomic E-state index is -4.41. The van der Waals surface area contributed by atoms with Gasteiger partial charge in [0.05, 0.1) is 5.56 Å². The van der Waals surface area contributed by atoms with Gasteiger partial charge in [-0.1, -0.05) is 6.07 Å². The minimum absolute atomic E-state index is 0.399. The molecule has 1 atom stereocenters. The molecule has 0 amide bonds. The number of rotatable bonds is 2. The first-order chi connectivity index (χ1) is 10.4. The van der Waals surface area contributed by atoms with E-state index in [1.807, 2.05) is 0 Å². The molecule has 1 unspecified atom stereocenters. The Labute approximate surface area is 124 Å². The van der Waals surface area contributed by atoms with Crippen molar-refractivity contribution in [2.24, 2.45) is 0 Å². The molecule has 0 radical (unpaired) electrons. The van der Waals surface area contributed by atoms with Gasteiger partial charge in [0.25, 0.3) is 0 Å². The molecular weight excluding hydrogens is 297 g/mol. The quantitative estimate of drug-likeness (QED) is 0.924. The molecule has 1 fully saturated rings. The van der Waals surface area contributed by atoms with Crippen molar-refractivity contribution in [3.63, 3.8) is 0 Å². The standard InChI is InChI=1S/C15H13F3N2O2/c16-15(17,18)10-3-4-11-9(8-10)5-6-19-13(11)20-7-1-2-12(20)14(21)22/h3-6,8,12H,1-2,7H2,(H,21,22). The number of nitrogens with zero attached hydrogens (tertiary/aromatic N) is 2. The van der Waals surface area contributed by atoms with Crippen molar-refractivity contribution in [1.29, 1.82) is 0 Å². The molecule has 0 saturated carbocycles. The smallest absolute Gasteiger partial charge is 0.416 e. The summed E-state index contributed by atoms with van der Waals surface area (Å²) in [5.74, 6) is -0.515. The second kappa shape index (κ2) is 5.15. The number of carbonyl (C=O) groups is 1. The average Bonchev–Trinajstić information content (AvgIpc) is 2.94. The molecule has 1 aromatic heterocycles. The average molecular weight is 310 g/mol. The second-order valence-electron chi connectivity index (χ2n) is 5.26. The van der Waals surface area contributed by atoms with E-state index in [2.05, 4.69) is 4.98 Å². The molecule has 7 heteroatoms. The Bertz CT molecular complexity index is 730. The molecule has 0 spiro atoms. The zero-order valence-electron chi connectivity index (χ0n) is 11.5. The molecule has 2 heterocycles. The van der Waals surface area contributed by atoms with Gasteiger partial charge in [0.1, 0.15) is 11.9 Å². The minimum Gasteiger partial charge on any atom is -0.480 e. The number of anilines is 1. The first-order valence-corrected chi connectivity index (χ1v) is 6.83. The van der Waals surface area contributed by atoms with Crippen molar-refractivity contribution < 1.29 is 23.1 Å². The summed E-state index contributed by atoms with van der Waals surface area (Å²) >= 11 is 0. The number of pyridine rings is 1. The van der Waals surface area contributed by atoms with Crippen molar-refractivity contribution in [1.82, 2.24) is 4.98 Å². The molecule has 116 valence electrons. The molecule has 1 aliphatic rings. The maximum Gasteiger partial charge on any atom is 0.416 e. The van der Waals surface area contributed by atoms with Gasteiger partial charge in [0.15, 0.2) is 0 Å². The van der Waals surface area contributed by atoms with Crippen LogP contribution in [0, 0.1) is 0 Å². The van der Waals surface area contributed by atoms with Crippen molar-refractivity contribution in [3.05, 3.63) is 36.0 Å². The van der Waals surface area contributed by atoms with Gasteiger partial charge in [-0.25, -0.2) is 9.78 Å². The van der Waals surface area contributed by atoms with Crippen LogP contribution in [0.2, 0.25) is 0 Å². The Kier molecular flexibility index (Phi) is 3.42. The number of fused-ring (bicyclic) bond motifs is 1. The third-order valence-corrected chi connectivity index (χ3v) is 3.88. The molecule has 3 rings (SSSR count). The lowest BCUT2D eigenvalue weighted by molar-refractivity contribution is -0.138. The van der Waals surface area contributed by atoms with E-state index in [1.54, 1.807) is 4.90 Å². The zero-order chi connectivity index (χ0) is 15.9. The molecule has 1 N–H and O–H groups in total. The Morgan fingerprint density at radius 3 is 2.77 bits per heavy atom. The molecule has 0 bridgehead atoms. The SMILES string of the molecule is O=C(O)C1CCCN1c1nccc2cc(C(F)(F)F)ccc12. The van der Waals surface area contributed by atoms with E-state index in [9.17, 15) is 23.1 Å². The maximum atomic E-state index is 12.8. The van der Waals surface area contributed by atoms with Crippen LogP contribution < -0.4 is 4.90 Å². The highest BCUT2D eigenvalue weighted by molar-refractivity contribution is 5.94. The van der Waals surface area contributed by atoms with Gasteiger partial charge < -0.3 is 10.0 Å². The molecule has 1 aliphatic heterocycles. The van der Waals surface area contributed by atoms with Gasteiger partial charge in [-0.3, -0.25) is 0 Å². The normalized spacial score (nSPS) is 18.9. The van der Waals surface area contributed by atoms with Crippen LogP contribution in [-0.2, 0) is 11.0 Å². The van der Waals surface area contributed by atoms with E-state index in [-0.39, 0.29) is 0 Å². The van der Waals surface area contributed by atoms with Gasteiger partial charge in [0.2, 0.25) is 0 Å². The Hall–Kier alpha value is -2.31. The predicted molar refractivity (Wildman–Crippen MR) is 74.7 cm³/mol. The fraction of sp³-hybridized carbons (Fsp3) is 0.333. The lowest BCUT2D eigenvalue weighted by atomic mass is 10.1. The number of halogens is 3. The van der Waals surface area contributed by atoms with Gasteiger partial charge in [-0.2, -0.15) is 13.2 Å². The first kappa shape index (κ1) is 14.6. The predicted octanol–water partition coefficient (Wildman–Crippen LogP) is 3.31. The molecule has 4 nitrogen and oxygen atoms in total. The number of alkyl halides is 3. The summed E-state index contributed by atoms with van der Waals surface area (Å²) in [5.41, 5.74) is -0.728. The number of hydrogen-bond donors (Lipinski definition) is 1. The zero-order valence-corrected chi connectivity index (χ0v) is 11.5. The lowest BCUT2D eigenvalue weighted by Crippen LogP contribution is -2.36. The van der Waals surface area contributed by atoms with Crippen molar-refractivity contribution in [3.8, 4) is 0 Å². The number of aromatic nitrogens is 1. The van der Waals surface area contributed by atoms with E-state index in [1.165, 1.54) is 18.3 Å². The highest BCUT2D eigenvalue weighted by Gasteiger charge is 2.33. The highest BCUT2D eigenvalue weighted by Crippen LogP contribution is 2.35. The van der Waals surface area contributed by atoms with Crippen molar-refractivity contribution in [2.75, 3.05) is 11.4 Å². The van der Waals surface area contributed by atoms with Gasteiger partial charge in [-0.15, -0.1) is 0 Å². The molecular formula is C15H13F3N2O2. The lowest BCUT2D eigenvalue weighted by Gasteiger charge is -2.24. The largest absolute Gasteiger partial charge is 0.480 e. The molecule has 0 aliphatic carbocycles. The van der Waals surface area contributed by atoms with E-state index in [0.717, 1.165) is 18.6 Å². The Balaban J connectivity index is 2.10. The number of hydrogen-bond acceptors (Lipinski definition) is 3. The summed E-state index contributed by atoms with van der Waals surface area (Å²) in [5, 5.41) is 10.2. The van der Waals surface area contributed by atoms with E-state index < -0.39 is 23.8 Å². The summed E-state index contributed by atoms with van der Waals surface area (Å²) in [6.07, 6.45) is -1.77. The third kappa shape index (κ3) is 2.47. The summed E-state index contributed by atoms with van der Waals surface area (Å²) in [7, 11) is 0. The molecule has 1 aromatic carbocycles. The number of benzene rings is 1. The summed E-state index contributed by atoms with van der Waals surface area (Å²) in [6, 6.07) is 4.24. The van der Waals surface area contributed by atoms with Gasteiger partial charge in [-0.05, 0) is 36.4 Å². The fourth-order valence-electron chi connectivity index (χ4n) is 2.84. The van der Waals surface area contributed by atoms with E-state index >= 15 is 0 Å². The topological polar surface area (TPSA) is 53.4 Å². The first-order valence-electron chi connectivity index (χ1n) is 6.83. The fourth-order valence-corrected chi connectivity index (χ4v) is 2.84. The van der Waals surface area contributed by atoms with Gasteiger partial charge >= 0.3 is 12.1 Å². The number of carboxylic acid groups (broad SMARTS) is 1. The summed E-state index contributed by atoms with van der Waals surface area (Å²) in [6.45, 7) is 0.532. The van der Waals surface area contributed by atoms with Crippen LogP contribution >= 0.6 is 0 Å². The third-order valence-electron chi connectivity index (χ3n) is 3.88. The maximum absolute atomic E-state index is 12.8. The van der Waals surface area contributed by atoms with Crippen LogP contribution in [0.4, 0.5) is 19.0 Å². The molecule has 2 aromatic rings. The summed E-state index contributed by atoms with van der Waals surface area (Å²) in [4.78, 5) is 17.1. The molecule has 22 heavy (non-hydrogen) atoms. The van der Waals surface area contributed by atoms with Gasteiger partial charge in [0, 0.05) is 18.1 Å². The van der Waals surface area contributed by atoms with Crippen LogP contribution in [-0.4, -0.2) is 28.6 Å². The van der Waals surface area contributed by atoms with E-state index in [0.29, 0.717) is 29.6 Å². The van der Waals surface area contributed by atoms with Crippen molar-refractivity contribution >= 4 is 22.6 Å². The monoisotopic (exact) mass is 310 g/mol. The number of aliphatic carboxylic acids is 1. The highest BCUT2D eigenvalue weighted by atomic mass is 19.4. The molecule has 1 saturated heterocycles. The van der Waals surface area contributed by atoms with Crippen LogP contribution in [0.25, 0.3) is 10.8 Å². The van der Waals surface area contributed by atoms with Crippen LogP contribution in [0.15, 0.2) is 30.5 Å². The van der Waals surface area contributed by atoms with Crippen LogP contribution in [0.3, 0.4) is 0 Å².